The predicted molar refractivity (Wildman–Crippen MR) is 76.4 cm³/mol. The SMILES string of the molecule is CCC1COC(C)(C)N1C(=O)Nc1ccc(Cl)cc1. The first-order chi connectivity index (χ1) is 8.94. The van der Waals surface area contributed by atoms with Crippen LogP contribution in [-0.4, -0.2) is 29.3 Å². The maximum atomic E-state index is 12.4. The van der Waals surface area contributed by atoms with E-state index in [4.69, 9.17) is 16.3 Å². The fourth-order valence-electron chi connectivity index (χ4n) is 2.31. The monoisotopic (exact) mass is 282 g/mol. The Labute approximate surface area is 118 Å². The predicted octanol–water partition coefficient (Wildman–Crippen LogP) is 3.72. The van der Waals surface area contributed by atoms with E-state index in [2.05, 4.69) is 12.2 Å². The Bertz CT molecular complexity index is 459. The highest BCUT2D eigenvalue weighted by molar-refractivity contribution is 6.30. The molecule has 1 unspecified atom stereocenters. The van der Waals surface area contributed by atoms with E-state index in [0.29, 0.717) is 11.6 Å². The van der Waals surface area contributed by atoms with Crippen molar-refractivity contribution in [3.8, 4) is 0 Å². The van der Waals surface area contributed by atoms with Crippen LogP contribution in [0.15, 0.2) is 24.3 Å². The highest BCUT2D eigenvalue weighted by atomic mass is 35.5. The number of carbonyl (C=O) groups excluding carboxylic acids is 1. The Balaban J connectivity index is 2.12. The van der Waals surface area contributed by atoms with Crippen LogP contribution in [0.3, 0.4) is 0 Å². The fourth-order valence-corrected chi connectivity index (χ4v) is 2.44. The van der Waals surface area contributed by atoms with Crippen molar-refractivity contribution in [3.05, 3.63) is 29.3 Å². The Morgan fingerprint density at radius 1 is 1.47 bits per heavy atom. The van der Waals surface area contributed by atoms with Crippen molar-refractivity contribution in [1.82, 2.24) is 4.90 Å². The minimum atomic E-state index is -0.572. The summed E-state index contributed by atoms with van der Waals surface area (Å²) in [7, 11) is 0. The molecule has 1 aromatic carbocycles. The zero-order valence-electron chi connectivity index (χ0n) is 11.4. The molecule has 104 valence electrons. The van der Waals surface area contributed by atoms with Crippen LogP contribution in [0.5, 0.6) is 0 Å². The van der Waals surface area contributed by atoms with Crippen LogP contribution in [-0.2, 0) is 4.74 Å². The van der Waals surface area contributed by atoms with E-state index in [-0.39, 0.29) is 12.1 Å². The maximum Gasteiger partial charge on any atom is 0.324 e. The topological polar surface area (TPSA) is 41.6 Å². The summed E-state index contributed by atoms with van der Waals surface area (Å²) in [5, 5.41) is 3.53. The second-order valence-corrected chi connectivity index (χ2v) is 5.56. The second-order valence-electron chi connectivity index (χ2n) is 5.13. The van der Waals surface area contributed by atoms with Gasteiger partial charge >= 0.3 is 6.03 Å². The summed E-state index contributed by atoms with van der Waals surface area (Å²) in [6, 6.07) is 7.04. The molecule has 2 amide bonds. The summed E-state index contributed by atoms with van der Waals surface area (Å²) in [6.07, 6.45) is 0.872. The number of ether oxygens (including phenoxy) is 1. The Morgan fingerprint density at radius 3 is 2.68 bits per heavy atom. The first kappa shape index (κ1) is 14.2. The van der Waals surface area contributed by atoms with Crippen LogP contribution in [0.2, 0.25) is 5.02 Å². The summed E-state index contributed by atoms with van der Waals surface area (Å²) in [5.41, 5.74) is 0.156. The third-order valence-corrected chi connectivity index (χ3v) is 3.61. The molecule has 0 bridgehead atoms. The Kier molecular flexibility index (Phi) is 4.02. The first-order valence-corrected chi connectivity index (χ1v) is 6.81. The zero-order chi connectivity index (χ0) is 14.0. The van der Waals surface area contributed by atoms with Crippen LogP contribution in [0.25, 0.3) is 0 Å². The molecular formula is C14H19ClN2O2. The zero-order valence-corrected chi connectivity index (χ0v) is 12.2. The number of hydrogen-bond donors (Lipinski definition) is 1. The van der Waals surface area contributed by atoms with Gasteiger partial charge in [0.15, 0.2) is 0 Å². The van der Waals surface area contributed by atoms with Crippen molar-refractivity contribution < 1.29 is 9.53 Å². The molecule has 1 aliphatic heterocycles. The summed E-state index contributed by atoms with van der Waals surface area (Å²) in [5.74, 6) is 0. The number of nitrogens with one attached hydrogen (secondary N) is 1. The van der Waals surface area contributed by atoms with Crippen molar-refractivity contribution in [2.45, 2.75) is 39.0 Å². The Morgan fingerprint density at radius 2 is 2.11 bits per heavy atom. The molecular weight excluding hydrogens is 264 g/mol. The number of nitrogens with zero attached hydrogens (tertiary/aromatic N) is 1. The molecule has 1 aromatic rings. The van der Waals surface area contributed by atoms with Gasteiger partial charge in [0.25, 0.3) is 0 Å². The van der Waals surface area contributed by atoms with Gasteiger partial charge in [-0.15, -0.1) is 0 Å². The molecule has 1 N–H and O–H groups in total. The van der Waals surface area contributed by atoms with Gasteiger partial charge in [-0.05, 0) is 44.5 Å². The van der Waals surface area contributed by atoms with E-state index >= 15 is 0 Å². The van der Waals surface area contributed by atoms with E-state index in [9.17, 15) is 4.79 Å². The lowest BCUT2D eigenvalue weighted by Crippen LogP contribution is -2.49. The highest BCUT2D eigenvalue weighted by Crippen LogP contribution is 2.29. The lowest BCUT2D eigenvalue weighted by Gasteiger charge is -2.33. The van der Waals surface area contributed by atoms with Gasteiger partial charge in [-0.25, -0.2) is 4.79 Å². The van der Waals surface area contributed by atoms with Crippen LogP contribution >= 0.6 is 11.6 Å². The Hall–Kier alpha value is -1.26. The van der Waals surface area contributed by atoms with Crippen molar-refractivity contribution >= 4 is 23.3 Å². The molecule has 4 nitrogen and oxygen atoms in total. The van der Waals surface area contributed by atoms with Crippen LogP contribution in [0.1, 0.15) is 27.2 Å². The summed E-state index contributed by atoms with van der Waals surface area (Å²) >= 11 is 5.82. The quantitative estimate of drug-likeness (QED) is 0.898. The van der Waals surface area contributed by atoms with Crippen molar-refractivity contribution in [2.24, 2.45) is 0 Å². The third-order valence-electron chi connectivity index (χ3n) is 3.36. The lowest BCUT2D eigenvalue weighted by atomic mass is 10.2. The number of anilines is 1. The van der Waals surface area contributed by atoms with Crippen molar-refractivity contribution in [1.29, 1.82) is 0 Å². The molecule has 0 aliphatic carbocycles. The van der Waals surface area contributed by atoms with E-state index in [1.54, 1.807) is 29.2 Å². The number of hydrogen-bond acceptors (Lipinski definition) is 2. The van der Waals surface area contributed by atoms with Crippen LogP contribution in [0.4, 0.5) is 10.5 Å². The normalized spacial score (nSPS) is 21.5. The van der Waals surface area contributed by atoms with Gasteiger partial charge in [-0.2, -0.15) is 0 Å². The molecule has 1 saturated heterocycles. The summed E-state index contributed by atoms with van der Waals surface area (Å²) < 4.78 is 5.68. The van der Waals surface area contributed by atoms with E-state index in [0.717, 1.165) is 12.1 Å². The van der Waals surface area contributed by atoms with Gasteiger partial charge in [0.2, 0.25) is 0 Å². The van der Waals surface area contributed by atoms with Gasteiger partial charge in [-0.3, -0.25) is 4.90 Å². The highest BCUT2D eigenvalue weighted by Gasteiger charge is 2.42. The van der Waals surface area contributed by atoms with Gasteiger partial charge in [0.05, 0.1) is 12.6 Å². The lowest BCUT2D eigenvalue weighted by molar-refractivity contribution is -0.0301. The van der Waals surface area contributed by atoms with E-state index in [1.807, 2.05) is 13.8 Å². The maximum absolute atomic E-state index is 12.4. The number of urea groups is 1. The second kappa shape index (κ2) is 5.39. The van der Waals surface area contributed by atoms with Gasteiger partial charge in [-0.1, -0.05) is 18.5 Å². The molecule has 1 atom stereocenters. The average Bonchev–Trinajstić information content (AvgIpc) is 2.67. The number of amides is 2. The minimum absolute atomic E-state index is 0.113. The van der Waals surface area contributed by atoms with Gasteiger partial charge in [0, 0.05) is 10.7 Å². The number of carbonyl (C=O) groups is 1. The van der Waals surface area contributed by atoms with Crippen LogP contribution < -0.4 is 5.32 Å². The smallest absolute Gasteiger partial charge is 0.324 e. The average molecular weight is 283 g/mol. The number of benzene rings is 1. The van der Waals surface area contributed by atoms with Crippen molar-refractivity contribution in [2.75, 3.05) is 11.9 Å². The molecule has 1 aliphatic rings. The minimum Gasteiger partial charge on any atom is -0.354 e. The largest absolute Gasteiger partial charge is 0.354 e. The van der Waals surface area contributed by atoms with Gasteiger partial charge < -0.3 is 10.1 Å². The molecule has 2 rings (SSSR count). The molecule has 0 radical (unpaired) electrons. The molecule has 0 aromatic heterocycles. The van der Waals surface area contributed by atoms with Crippen molar-refractivity contribution in [3.63, 3.8) is 0 Å². The van der Waals surface area contributed by atoms with Crippen LogP contribution in [0, 0.1) is 0 Å². The summed E-state index contributed by atoms with van der Waals surface area (Å²) in [6.45, 7) is 6.45. The molecule has 19 heavy (non-hydrogen) atoms. The van der Waals surface area contributed by atoms with E-state index in [1.165, 1.54) is 0 Å². The first-order valence-electron chi connectivity index (χ1n) is 6.44. The van der Waals surface area contributed by atoms with E-state index < -0.39 is 5.72 Å². The van der Waals surface area contributed by atoms with Gasteiger partial charge in [0.1, 0.15) is 5.72 Å². The molecule has 1 heterocycles. The molecule has 1 fully saturated rings. The standard InChI is InChI=1S/C14H19ClN2O2/c1-4-12-9-19-14(2,3)17(12)13(18)16-11-7-5-10(15)6-8-11/h5-8,12H,4,9H2,1-3H3,(H,16,18). The number of halogens is 1. The fraction of sp³-hybridized carbons (Fsp3) is 0.500. The molecule has 0 saturated carbocycles. The third kappa shape index (κ3) is 3.01. The molecule has 0 spiro atoms. The molecule has 5 heteroatoms. The number of rotatable bonds is 2. The summed E-state index contributed by atoms with van der Waals surface area (Å²) in [4.78, 5) is 14.2.